The van der Waals surface area contributed by atoms with Gasteiger partial charge in [-0.05, 0) is 19.9 Å². The maximum atomic E-state index is 11.0. The molecule has 0 saturated heterocycles. The number of carboxylic acid groups (broad SMARTS) is 1. The highest BCUT2D eigenvalue weighted by Gasteiger charge is 2.24. The molecule has 7 nitrogen and oxygen atoms in total. The van der Waals surface area contributed by atoms with Crippen molar-refractivity contribution in [1.82, 2.24) is 4.98 Å². The summed E-state index contributed by atoms with van der Waals surface area (Å²) >= 11 is 0. The number of nitro groups is 1. The zero-order valence-electron chi connectivity index (χ0n) is 10.7. The van der Waals surface area contributed by atoms with Gasteiger partial charge in [-0.1, -0.05) is 6.08 Å². The summed E-state index contributed by atoms with van der Waals surface area (Å²) in [6.07, 6.45) is 1.58. The molecule has 1 rings (SSSR count). The molecule has 0 aliphatic carbocycles. The number of pyridine rings is 1. The molecule has 0 aromatic carbocycles. The molecule has 0 fully saturated rings. The van der Waals surface area contributed by atoms with Gasteiger partial charge in [0.05, 0.1) is 4.92 Å². The predicted molar refractivity (Wildman–Crippen MR) is 70.5 cm³/mol. The summed E-state index contributed by atoms with van der Waals surface area (Å²) in [5.74, 6) is -1.18. The lowest BCUT2D eigenvalue weighted by Gasteiger charge is -2.26. The molecule has 0 saturated carbocycles. The van der Waals surface area contributed by atoms with Crippen molar-refractivity contribution < 1.29 is 14.8 Å². The van der Waals surface area contributed by atoms with E-state index in [4.69, 9.17) is 5.11 Å². The molecule has 1 aromatic rings. The summed E-state index contributed by atoms with van der Waals surface area (Å²) in [6, 6.07) is 2.20. The van der Waals surface area contributed by atoms with Crippen molar-refractivity contribution in [3.63, 3.8) is 0 Å². The quantitative estimate of drug-likeness (QED) is 0.480. The van der Waals surface area contributed by atoms with Crippen LogP contribution in [0.15, 0.2) is 24.8 Å². The third-order valence-corrected chi connectivity index (χ3v) is 2.49. The lowest BCUT2D eigenvalue weighted by Crippen LogP contribution is -2.32. The van der Waals surface area contributed by atoms with Crippen LogP contribution in [0, 0.1) is 10.1 Å². The minimum atomic E-state index is -1.22. The van der Waals surface area contributed by atoms with Gasteiger partial charge in [0.2, 0.25) is 5.82 Å². The second-order valence-corrected chi connectivity index (χ2v) is 4.14. The minimum Gasteiger partial charge on any atom is -0.477 e. The average molecular weight is 265 g/mol. The highest BCUT2D eigenvalue weighted by Crippen LogP contribution is 2.27. The number of hydrogen-bond donors (Lipinski definition) is 1. The highest BCUT2D eigenvalue weighted by molar-refractivity contribution is 5.86. The Hall–Kier alpha value is -2.44. The smallest absolute Gasteiger partial charge is 0.354 e. The van der Waals surface area contributed by atoms with Crippen molar-refractivity contribution in [2.24, 2.45) is 0 Å². The number of hydrogen-bond acceptors (Lipinski definition) is 5. The number of aromatic nitrogens is 1. The minimum absolute atomic E-state index is 0.0415. The first kappa shape index (κ1) is 14.6. The van der Waals surface area contributed by atoms with Crippen molar-refractivity contribution in [2.75, 3.05) is 11.4 Å². The fourth-order valence-electron chi connectivity index (χ4n) is 1.59. The Morgan fingerprint density at radius 2 is 2.26 bits per heavy atom. The molecule has 19 heavy (non-hydrogen) atoms. The molecular weight excluding hydrogens is 250 g/mol. The van der Waals surface area contributed by atoms with Gasteiger partial charge in [0.1, 0.15) is 0 Å². The summed E-state index contributed by atoms with van der Waals surface area (Å²) in [7, 11) is 0. The van der Waals surface area contributed by atoms with Gasteiger partial charge in [-0.15, -0.1) is 6.58 Å². The van der Waals surface area contributed by atoms with Gasteiger partial charge < -0.3 is 10.0 Å². The Morgan fingerprint density at radius 1 is 1.63 bits per heavy atom. The molecular formula is C12H15N3O4. The second-order valence-electron chi connectivity index (χ2n) is 4.14. The van der Waals surface area contributed by atoms with E-state index in [2.05, 4.69) is 11.6 Å². The van der Waals surface area contributed by atoms with Crippen molar-refractivity contribution in [1.29, 1.82) is 0 Å². The molecule has 0 aliphatic rings. The SMILES string of the molecule is C=CCN(c1nc(C(=O)O)ccc1[N+](=O)[O-])C(C)C. The van der Waals surface area contributed by atoms with Crippen LogP contribution in [0.4, 0.5) is 11.5 Å². The van der Waals surface area contributed by atoms with Crippen LogP contribution in [-0.2, 0) is 0 Å². The van der Waals surface area contributed by atoms with Crippen LogP contribution >= 0.6 is 0 Å². The van der Waals surface area contributed by atoms with Gasteiger partial charge in [0, 0.05) is 18.7 Å². The van der Waals surface area contributed by atoms with Gasteiger partial charge in [-0.3, -0.25) is 10.1 Å². The molecule has 1 aromatic heterocycles. The van der Waals surface area contributed by atoms with Gasteiger partial charge in [-0.2, -0.15) is 0 Å². The van der Waals surface area contributed by atoms with Crippen molar-refractivity contribution in [3.05, 3.63) is 40.6 Å². The fourth-order valence-corrected chi connectivity index (χ4v) is 1.59. The number of aromatic carboxylic acids is 1. The summed E-state index contributed by atoms with van der Waals surface area (Å²) in [5, 5.41) is 19.9. The maximum absolute atomic E-state index is 11.0. The molecule has 0 bridgehead atoms. The molecule has 0 unspecified atom stereocenters. The number of nitrogens with zero attached hydrogens (tertiary/aromatic N) is 3. The van der Waals surface area contributed by atoms with E-state index in [0.717, 1.165) is 12.1 Å². The zero-order valence-corrected chi connectivity index (χ0v) is 10.7. The highest BCUT2D eigenvalue weighted by atomic mass is 16.6. The van der Waals surface area contributed by atoms with Gasteiger partial charge in [0.25, 0.3) is 0 Å². The molecule has 0 aliphatic heterocycles. The lowest BCUT2D eigenvalue weighted by molar-refractivity contribution is -0.384. The summed E-state index contributed by atoms with van der Waals surface area (Å²) < 4.78 is 0. The standard InChI is InChI=1S/C12H15N3O4/c1-4-7-14(8(2)3)11-10(15(18)19)6-5-9(13-11)12(16)17/h4-6,8H,1,7H2,2-3H3,(H,16,17). The van der Waals surface area contributed by atoms with Crippen molar-refractivity contribution in [2.45, 2.75) is 19.9 Å². The monoisotopic (exact) mass is 265 g/mol. The molecule has 1 N–H and O–H groups in total. The predicted octanol–water partition coefficient (Wildman–Crippen LogP) is 2.09. The van der Waals surface area contributed by atoms with E-state index in [9.17, 15) is 14.9 Å². The third-order valence-electron chi connectivity index (χ3n) is 2.49. The zero-order chi connectivity index (χ0) is 14.6. The van der Waals surface area contributed by atoms with Gasteiger partial charge in [-0.25, -0.2) is 9.78 Å². The number of carbonyl (C=O) groups is 1. The first-order valence-electron chi connectivity index (χ1n) is 5.64. The van der Waals surface area contributed by atoms with Crippen LogP contribution in [0.1, 0.15) is 24.3 Å². The average Bonchev–Trinajstić information content (AvgIpc) is 2.34. The Kier molecular flexibility index (Phi) is 4.57. The van der Waals surface area contributed by atoms with Crippen molar-refractivity contribution in [3.8, 4) is 0 Å². The molecule has 1 heterocycles. The van der Waals surface area contributed by atoms with E-state index >= 15 is 0 Å². The molecule has 0 spiro atoms. The maximum Gasteiger partial charge on any atom is 0.354 e. The Balaban J connectivity index is 3.41. The molecule has 0 radical (unpaired) electrons. The number of anilines is 1. The van der Waals surface area contributed by atoms with Gasteiger partial charge >= 0.3 is 11.7 Å². The molecule has 0 amide bonds. The van der Waals surface area contributed by atoms with E-state index < -0.39 is 10.9 Å². The normalized spacial score (nSPS) is 10.3. The van der Waals surface area contributed by atoms with E-state index in [0.29, 0.717) is 6.54 Å². The van der Waals surface area contributed by atoms with Crippen LogP contribution in [0.2, 0.25) is 0 Å². The summed E-state index contributed by atoms with van der Waals surface area (Å²) in [4.78, 5) is 26.8. The Bertz CT molecular complexity index is 514. The van der Waals surface area contributed by atoms with Crippen LogP contribution in [0.5, 0.6) is 0 Å². The van der Waals surface area contributed by atoms with E-state index in [1.807, 2.05) is 13.8 Å². The van der Waals surface area contributed by atoms with Crippen molar-refractivity contribution >= 4 is 17.5 Å². The van der Waals surface area contributed by atoms with E-state index in [1.165, 1.54) is 0 Å². The van der Waals surface area contributed by atoms with Crippen LogP contribution in [0.25, 0.3) is 0 Å². The largest absolute Gasteiger partial charge is 0.477 e. The fraction of sp³-hybridized carbons (Fsp3) is 0.333. The van der Waals surface area contributed by atoms with Crippen LogP contribution < -0.4 is 4.90 Å². The van der Waals surface area contributed by atoms with E-state index in [-0.39, 0.29) is 23.2 Å². The summed E-state index contributed by atoms with van der Waals surface area (Å²) in [5.41, 5.74) is -0.448. The first-order valence-corrected chi connectivity index (χ1v) is 5.64. The number of carboxylic acids is 1. The summed E-state index contributed by atoms with van der Waals surface area (Å²) in [6.45, 7) is 7.60. The Morgan fingerprint density at radius 3 is 2.68 bits per heavy atom. The number of rotatable bonds is 6. The molecule has 7 heteroatoms. The lowest BCUT2D eigenvalue weighted by atomic mass is 10.2. The second kappa shape index (κ2) is 5.94. The van der Waals surface area contributed by atoms with Gasteiger partial charge in [0.15, 0.2) is 5.69 Å². The first-order chi connectivity index (χ1) is 8.88. The molecule has 0 atom stereocenters. The van der Waals surface area contributed by atoms with Crippen LogP contribution in [0.3, 0.4) is 0 Å². The van der Waals surface area contributed by atoms with Crippen LogP contribution in [-0.4, -0.2) is 33.6 Å². The molecule has 102 valence electrons. The third kappa shape index (κ3) is 3.27. The van der Waals surface area contributed by atoms with E-state index in [1.54, 1.807) is 11.0 Å². The topological polar surface area (TPSA) is 96.6 Å². The Labute approximate surface area is 110 Å².